The molecule has 0 unspecified atom stereocenters. The third kappa shape index (κ3) is 4.33. The third-order valence-electron chi connectivity index (χ3n) is 4.95. The third-order valence-corrected chi connectivity index (χ3v) is 4.95. The maximum Gasteiger partial charge on any atom is 0.251 e. The Hall–Kier alpha value is -3.51. The van der Waals surface area contributed by atoms with Crippen LogP contribution < -0.4 is 5.56 Å². The van der Waals surface area contributed by atoms with E-state index in [0.29, 0.717) is 11.5 Å². The molecule has 1 aromatic carbocycles. The van der Waals surface area contributed by atoms with Crippen molar-refractivity contribution < 1.29 is 4.42 Å². The Morgan fingerprint density at radius 3 is 2.72 bits per heavy atom. The van der Waals surface area contributed by atoms with E-state index in [4.69, 9.17) is 4.42 Å². The summed E-state index contributed by atoms with van der Waals surface area (Å²) in [5.41, 5.74) is 3.21. The van der Waals surface area contributed by atoms with Gasteiger partial charge < -0.3 is 9.40 Å². The molecule has 0 fully saturated rings. The molecule has 0 saturated carbocycles. The number of nitrogens with zero attached hydrogens (tertiary/aromatic N) is 3. The Morgan fingerprint density at radius 1 is 1.10 bits per heavy atom. The Kier molecular flexibility index (Phi) is 5.35. The van der Waals surface area contributed by atoms with Gasteiger partial charge in [-0.2, -0.15) is 0 Å². The highest BCUT2D eigenvalue weighted by molar-refractivity contribution is 5.63. The van der Waals surface area contributed by atoms with Gasteiger partial charge in [0.15, 0.2) is 0 Å². The van der Waals surface area contributed by atoms with Gasteiger partial charge in [-0.25, -0.2) is 4.98 Å². The molecule has 0 aliphatic rings. The number of pyridine rings is 1. The summed E-state index contributed by atoms with van der Waals surface area (Å²) in [5.74, 6) is 1.47. The Morgan fingerprint density at radius 2 is 1.97 bits per heavy atom. The molecule has 3 heterocycles. The summed E-state index contributed by atoms with van der Waals surface area (Å²) in [6, 6.07) is 17.3. The largest absolute Gasteiger partial charge is 0.468 e. The lowest BCUT2D eigenvalue weighted by Gasteiger charge is -2.23. The number of aromatic nitrogens is 3. The normalized spacial score (nSPS) is 12.2. The highest BCUT2D eigenvalue weighted by Gasteiger charge is 2.15. The summed E-state index contributed by atoms with van der Waals surface area (Å²) in [6.07, 6.45) is 5.09. The lowest BCUT2D eigenvalue weighted by Crippen LogP contribution is -2.21. The van der Waals surface area contributed by atoms with Crippen LogP contribution in [0.1, 0.15) is 24.3 Å². The average Bonchev–Trinajstić information content (AvgIpc) is 3.28. The number of hydrogen-bond donors (Lipinski definition) is 1. The first-order valence-electron chi connectivity index (χ1n) is 9.45. The van der Waals surface area contributed by atoms with E-state index >= 15 is 0 Å². The fourth-order valence-corrected chi connectivity index (χ4v) is 3.24. The highest BCUT2D eigenvalue weighted by Crippen LogP contribution is 2.23. The number of benzene rings is 1. The minimum absolute atomic E-state index is 0.153. The maximum absolute atomic E-state index is 12.2. The summed E-state index contributed by atoms with van der Waals surface area (Å²) in [4.78, 5) is 26.0. The van der Waals surface area contributed by atoms with Gasteiger partial charge in [-0.05, 0) is 49.9 Å². The van der Waals surface area contributed by atoms with Crippen molar-refractivity contribution in [3.63, 3.8) is 0 Å². The number of nitrogens with one attached hydrogen (secondary N) is 1. The lowest BCUT2D eigenvalue weighted by atomic mass is 10.1. The SMILES string of the molecule is C[C@H](c1ccco1)N(C)Cc1cccc(-c2nc(-c3cccnc3)cc(=O)[nH]2)c1. The predicted octanol–water partition coefficient (Wildman–Crippen LogP) is 4.28. The number of furan rings is 1. The van der Waals surface area contributed by atoms with Crippen molar-refractivity contribution in [3.05, 3.63) is 94.9 Å². The van der Waals surface area contributed by atoms with E-state index in [1.54, 1.807) is 18.7 Å². The number of H-pyrrole nitrogens is 1. The van der Waals surface area contributed by atoms with Crippen LogP contribution in [0.4, 0.5) is 0 Å². The summed E-state index contributed by atoms with van der Waals surface area (Å²) < 4.78 is 5.52. The van der Waals surface area contributed by atoms with Crippen LogP contribution in [0.3, 0.4) is 0 Å². The van der Waals surface area contributed by atoms with Gasteiger partial charge in [0, 0.05) is 36.1 Å². The molecule has 0 aliphatic carbocycles. The summed E-state index contributed by atoms with van der Waals surface area (Å²) in [6.45, 7) is 2.85. The number of aromatic amines is 1. The molecule has 6 heteroatoms. The van der Waals surface area contributed by atoms with Gasteiger partial charge in [0.2, 0.25) is 0 Å². The average molecular weight is 386 g/mol. The van der Waals surface area contributed by atoms with Crippen molar-refractivity contribution in [3.8, 4) is 22.6 Å². The van der Waals surface area contributed by atoms with E-state index < -0.39 is 0 Å². The Bertz CT molecular complexity index is 1140. The van der Waals surface area contributed by atoms with E-state index in [9.17, 15) is 4.79 Å². The molecule has 0 amide bonds. The lowest BCUT2D eigenvalue weighted by molar-refractivity contribution is 0.223. The number of hydrogen-bond acceptors (Lipinski definition) is 5. The van der Waals surface area contributed by atoms with Crippen LogP contribution in [0.5, 0.6) is 0 Å². The molecule has 0 spiro atoms. The first-order valence-corrected chi connectivity index (χ1v) is 9.45. The molecule has 146 valence electrons. The van der Waals surface area contributed by atoms with Crippen molar-refractivity contribution in [2.24, 2.45) is 0 Å². The fraction of sp³-hybridized carbons (Fsp3) is 0.174. The molecule has 0 radical (unpaired) electrons. The molecule has 0 aliphatic heterocycles. The van der Waals surface area contributed by atoms with E-state index in [-0.39, 0.29) is 11.6 Å². The smallest absolute Gasteiger partial charge is 0.251 e. The zero-order chi connectivity index (χ0) is 20.2. The van der Waals surface area contributed by atoms with Crippen LogP contribution in [0.25, 0.3) is 22.6 Å². The van der Waals surface area contributed by atoms with E-state index in [1.807, 2.05) is 36.4 Å². The second kappa shape index (κ2) is 8.24. The molecule has 0 bridgehead atoms. The second-order valence-electron chi connectivity index (χ2n) is 7.03. The molecule has 29 heavy (non-hydrogen) atoms. The van der Waals surface area contributed by atoms with Gasteiger partial charge in [0.05, 0.1) is 18.0 Å². The van der Waals surface area contributed by atoms with Crippen LogP contribution in [0.2, 0.25) is 0 Å². The van der Waals surface area contributed by atoms with Gasteiger partial charge in [0.25, 0.3) is 5.56 Å². The molecular weight excluding hydrogens is 364 g/mol. The summed E-state index contributed by atoms with van der Waals surface area (Å²) in [5, 5.41) is 0. The number of rotatable bonds is 6. The topological polar surface area (TPSA) is 75.0 Å². The molecular formula is C23H22N4O2. The Balaban J connectivity index is 1.61. The molecule has 6 nitrogen and oxygen atoms in total. The quantitative estimate of drug-likeness (QED) is 0.535. The van der Waals surface area contributed by atoms with E-state index in [1.165, 1.54) is 6.07 Å². The second-order valence-corrected chi connectivity index (χ2v) is 7.03. The molecule has 4 rings (SSSR count). The van der Waals surface area contributed by atoms with Crippen molar-refractivity contribution in [2.45, 2.75) is 19.5 Å². The zero-order valence-electron chi connectivity index (χ0n) is 16.4. The van der Waals surface area contributed by atoms with Gasteiger partial charge >= 0.3 is 0 Å². The molecule has 3 aromatic heterocycles. The van der Waals surface area contributed by atoms with Crippen LogP contribution in [0, 0.1) is 0 Å². The monoisotopic (exact) mass is 386 g/mol. The molecule has 1 atom stereocenters. The van der Waals surface area contributed by atoms with Crippen molar-refractivity contribution in [2.75, 3.05) is 7.05 Å². The van der Waals surface area contributed by atoms with Crippen LogP contribution in [-0.4, -0.2) is 26.9 Å². The van der Waals surface area contributed by atoms with E-state index in [0.717, 1.165) is 29.0 Å². The van der Waals surface area contributed by atoms with Crippen molar-refractivity contribution in [1.29, 1.82) is 0 Å². The van der Waals surface area contributed by atoms with Crippen molar-refractivity contribution >= 4 is 0 Å². The maximum atomic E-state index is 12.2. The fourth-order valence-electron chi connectivity index (χ4n) is 3.24. The standard InChI is InChI=1S/C23H22N4O2/c1-16(21-9-5-11-29-21)27(2)15-17-6-3-7-18(12-17)23-25-20(13-22(28)26-23)19-8-4-10-24-14-19/h3-14,16H,15H2,1-2H3,(H,25,26,28)/t16-/m1/s1. The minimum atomic E-state index is -0.192. The minimum Gasteiger partial charge on any atom is -0.468 e. The molecule has 1 N–H and O–H groups in total. The highest BCUT2D eigenvalue weighted by atomic mass is 16.3. The predicted molar refractivity (Wildman–Crippen MR) is 112 cm³/mol. The van der Waals surface area contributed by atoms with E-state index in [2.05, 4.69) is 46.0 Å². The molecule has 0 saturated heterocycles. The van der Waals surface area contributed by atoms with Crippen LogP contribution in [0.15, 0.2) is 82.5 Å². The first kappa shape index (κ1) is 18.8. The van der Waals surface area contributed by atoms with Crippen LogP contribution in [-0.2, 0) is 6.54 Å². The van der Waals surface area contributed by atoms with Crippen molar-refractivity contribution in [1.82, 2.24) is 19.9 Å². The van der Waals surface area contributed by atoms with Gasteiger partial charge in [-0.1, -0.05) is 18.2 Å². The summed E-state index contributed by atoms with van der Waals surface area (Å²) in [7, 11) is 2.06. The first-order chi connectivity index (χ1) is 14.1. The summed E-state index contributed by atoms with van der Waals surface area (Å²) >= 11 is 0. The van der Waals surface area contributed by atoms with Gasteiger partial charge in [0.1, 0.15) is 11.6 Å². The van der Waals surface area contributed by atoms with Gasteiger partial charge in [-0.15, -0.1) is 0 Å². The van der Waals surface area contributed by atoms with Gasteiger partial charge in [-0.3, -0.25) is 14.7 Å². The zero-order valence-corrected chi connectivity index (χ0v) is 16.4. The van der Waals surface area contributed by atoms with Crippen LogP contribution >= 0.6 is 0 Å². The molecule has 4 aromatic rings. The Labute approximate surface area is 168 Å².